The summed E-state index contributed by atoms with van der Waals surface area (Å²) in [5, 5.41) is 113. The summed E-state index contributed by atoms with van der Waals surface area (Å²) < 4.78 is 20.9. The second kappa shape index (κ2) is 12.7. The fourth-order valence-corrected chi connectivity index (χ4v) is 4.18. The van der Waals surface area contributed by atoms with Gasteiger partial charge < -0.3 is 85.8 Å². The van der Waals surface area contributed by atoms with Gasteiger partial charge in [0.1, 0.15) is 73.2 Å². The molecule has 15 atom stereocenters. The minimum atomic E-state index is -1.86. The average Bonchev–Trinajstić information content (AvgIpc) is 2.88. The van der Waals surface area contributed by atoms with Crippen molar-refractivity contribution in [3.05, 3.63) is 0 Å². The van der Waals surface area contributed by atoms with Crippen molar-refractivity contribution in [1.29, 1.82) is 0 Å². The van der Waals surface area contributed by atoms with E-state index in [1.807, 2.05) is 0 Å². The molecule has 3 aliphatic heterocycles. The quantitative estimate of drug-likeness (QED) is 0.141. The Morgan fingerprint density at radius 2 is 1.24 bits per heavy atom. The predicted octanol–water partition coefficient (Wildman–Crippen LogP) is -8.29. The third kappa shape index (κ3) is 6.46. The number of aliphatic hydroxyl groups excluding tert-OH is 11. The molecule has 3 saturated heterocycles. The molecule has 0 aromatic rings. The van der Waals surface area contributed by atoms with Crippen LogP contribution >= 0.6 is 0 Å². The van der Waals surface area contributed by atoms with Gasteiger partial charge in [-0.15, -0.1) is 0 Å². The first-order valence-electron chi connectivity index (χ1n) is 11.4. The van der Waals surface area contributed by atoms with Crippen molar-refractivity contribution in [2.75, 3.05) is 19.8 Å². The van der Waals surface area contributed by atoms with Crippen LogP contribution in [0.25, 0.3) is 0 Å². The Bertz CT molecular complexity index is 747. The van der Waals surface area contributed by atoms with Crippen molar-refractivity contribution in [2.24, 2.45) is 0 Å². The Hall–Kier alpha value is -1.33. The molecule has 37 heavy (non-hydrogen) atoms. The van der Waals surface area contributed by atoms with Gasteiger partial charge in [0.2, 0.25) is 0 Å². The van der Waals surface area contributed by atoms with Crippen LogP contribution in [0.3, 0.4) is 0 Å². The predicted molar refractivity (Wildman–Crippen MR) is 112 cm³/mol. The van der Waals surface area contributed by atoms with Crippen LogP contribution in [0, 0.1) is 0 Å². The van der Waals surface area contributed by atoms with Gasteiger partial charge in [-0.1, -0.05) is 0 Å². The SMILES string of the molecule is O=C(NC[C@H]1OC(O)[C@H](O)[C@@H](O)[C@H]1O)N[C@@H]1O[C@H](CO)[C@@H](O[C@@H]2O[C@H](CO)[C@@H](O)[C@H](O)[C@H]2O)[C@H](O)[C@H]1O. The minimum absolute atomic E-state index is 0.467. The highest BCUT2D eigenvalue weighted by Gasteiger charge is 2.51. The number of aliphatic hydroxyl groups is 11. The van der Waals surface area contributed by atoms with E-state index in [1.165, 1.54) is 0 Å². The van der Waals surface area contributed by atoms with Crippen LogP contribution in [0.1, 0.15) is 0 Å². The van der Waals surface area contributed by atoms with Crippen molar-refractivity contribution in [1.82, 2.24) is 10.6 Å². The van der Waals surface area contributed by atoms with Crippen LogP contribution in [0.15, 0.2) is 0 Å². The van der Waals surface area contributed by atoms with Crippen molar-refractivity contribution >= 4 is 6.03 Å². The summed E-state index contributed by atoms with van der Waals surface area (Å²) in [4.78, 5) is 12.3. The van der Waals surface area contributed by atoms with Gasteiger partial charge in [-0.05, 0) is 0 Å². The van der Waals surface area contributed by atoms with E-state index in [1.54, 1.807) is 0 Å². The van der Waals surface area contributed by atoms with Crippen LogP contribution in [0.2, 0.25) is 0 Å². The van der Waals surface area contributed by atoms with E-state index in [4.69, 9.17) is 18.9 Å². The number of carbonyl (C=O) groups is 1. The third-order valence-corrected chi connectivity index (χ3v) is 6.43. The lowest BCUT2D eigenvalue weighted by Crippen LogP contribution is -2.67. The summed E-state index contributed by atoms with van der Waals surface area (Å²) in [5.74, 6) is 0. The Morgan fingerprint density at radius 1 is 0.649 bits per heavy atom. The summed E-state index contributed by atoms with van der Waals surface area (Å²) in [6.07, 6.45) is -24.9. The van der Waals surface area contributed by atoms with E-state index >= 15 is 0 Å². The lowest BCUT2D eigenvalue weighted by molar-refractivity contribution is -0.342. The monoisotopic (exact) mass is 546 g/mol. The molecule has 216 valence electrons. The third-order valence-electron chi connectivity index (χ3n) is 6.43. The van der Waals surface area contributed by atoms with Crippen LogP contribution in [0.5, 0.6) is 0 Å². The lowest BCUT2D eigenvalue weighted by atomic mass is 9.96. The average molecular weight is 546 g/mol. The van der Waals surface area contributed by atoms with Gasteiger partial charge in [0.05, 0.1) is 13.2 Å². The first-order valence-corrected chi connectivity index (χ1v) is 11.4. The Labute approximate surface area is 209 Å². The molecule has 13 N–H and O–H groups in total. The maximum Gasteiger partial charge on any atom is 0.316 e. The summed E-state index contributed by atoms with van der Waals surface area (Å²) in [6.45, 7) is -2.03. The number of amides is 2. The minimum Gasteiger partial charge on any atom is -0.394 e. The van der Waals surface area contributed by atoms with Gasteiger partial charge in [-0.25, -0.2) is 4.79 Å². The van der Waals surface area contributed by atoms with Crippen molar-refractivity contribution in [3.8, 4) is 0 Å². The highest BCUT2D eigenvalue weighted by Crippen LogP contribution is 2.28. The summed E-state index contributed by atoms with van der Waals surface area (Å²) >= 11 is 0. The number of ether oxygens (including phenoxy) is 4. The molecule has 18 heteroatoms. The molecule has 0 saturated carbocycles. The van der Waals surface area contributed by atoms with Gasteiger partial charge in [-0.3, -0.25) is 0 Å². The number of hydrogen-bond donors (Lipinski definition) is 13. The molecule has 0 aromatic carbocycles. The van der Waals surface area contributed by atoms with Crippen LogP contribution in [0.4, 0.5) is 4.79 Å². The fraction of sp³-hybridized carbons (Fsp3) is 0.947. The molecular formula is C19H34N2O16. The second-order valence-electron chi connectivity index (χ2n) is 8.95. The molecule has 2 amide bonds. The van der Waals surface area contributed by atoms with Crippen molar-refractivity contribution < 1.29 is 79.9 Å². The van der Waals surface area contributed by atoms with E-state index in [-0.39, 0.29) is 0 Å². The van der Waals surface area contributed by atoms with Crippen molar-refractivity contribution in [3.63, 3.8) is 0 Å². The largest absolute Gasteiger partial charge is 0.394 e. The lowest BCUT2D eigenvalue weighted by Gasteiger charge is -2.46. The topological polar surface area (TPSA) is 301 Å². The molecule has 1 unspecified atom stereocenters. The maximum absolute atomic E-state index is 12.3. The zero-order valence-electron chi connectivity index (χ0n) is 19.2. The van der Waals surface area contributed by atoms with Gasteiger partial charge in [0, 0.05) is 6.54 Å². The number of rotatable bonds is 7. The molecule has 3 aliphatic rings. The highest BCUT2D eigenvalue weighted by molar-refractivity contribution is 5.74. The van der Waals surface area contributed by atoms with Crippen molar-refractivity contribution in [2.45, 2.75) is 92.1 Å². The Kier molecular flexibility index (Phi) is 10.4. The van der Waals surface area contributed by atoms with Gasteiger partial charge >= 0.3 is 6.03 Å². The summed E-state index contributed by atoms with van der Waals surface area (Å²) in [6, 6.07) is -1.02. The van der Waals surface area contributed by atoms with Crippen LogP contribution in [-0.2, 0) is 18.9 Å². The smallest absolute Gasteiger partial charge is 0.316 e. The van der Waals surface area contributed by atoms with E-state index in [2.05, 4.69) is 10.6 Å². The number of carbonyl (C=O) groups excluding carboxylic acids is 1. The highest BCUT2D eigenvalue weighted by atomic mass is 16.7. The normalized spacial score (nSPS) is 48.9. The van der Waals surface area contributed by atoms with Gasteiger partial charge in [0.25, 0.3) is 0 Å². The van der Waals surface area contributed by atoms with E-state index < -0.39 is 118 Å². The number of nitrogens with one attached hydrogen (secondary N) is 2. The standard InChI is InChI=1S/C19H34N2O16/c22-2-5-8(25)10(27)14(31)18(36-5)37-15-6(3-23)34-16(12(29)11(15)28)21-19(33)20-1-4-7(24)9(26)13(30)17(32)35-4/h4-18,22-32H,1-3H2,(H2,20,21,33)/t4-,5-,6-,7+,8-,9+,10+,11-,12-,13-,14-,15-,16-,17?,18+/m1/s1. The molecule has 3 heterocycles. The van der Waals surface area contributed by atoms with Crippen LogP contribution < -0.4 is 10.6 Å². The second-order valence-corrected chi connectivity index (χ2v) is 8.95. The Balaban J connectivity index is 1.57. The van der Waals surface area contributed by atoms with Gasteiger partial charge in [0.15, 0.2) is 18.8 Å². The zero-order valence-corrected chi connectivity index (χ0v) is 19.2. The molecule has 0 spiro atoms. The first-order chi connectivity index (χ1) is 17.4. The van der Waals surface area contributed by atoms with Crippen LogP contribution in [-0.4, -0.2) is 174 Å². The zero-order chi connectivity index (χ0) is 27.6. The molecule has 3 rings (SSSR count). The molecule has 3 fully saturated rings. The molecule has 0 radical (unpaired) electrons. The molecule has 0 aromatic heterocycles. The maximum atomic E-state index is 12.3. The van der Waals surface area contributed by atoms with E-state index in [0.717, 1.165) is 0 Å². The molecule has 18 nitrogen and oxygen atoms in total. The molecule has 0 aliphatic carbocycles. The summed E-state index contributed by atoms with van der Waals surface area (Å²) in [7, 11) is 0. The molecule has 0 bridgehead atoms. The number of urea groups is 1. The molecular weight excluding hydrogens is 512 g/mol. The first kappa shape index (κ1) is 30.2. The van der Waals surface area contributed by atoms with E-state index in [0.29, 0.717) is 0 Å². The fourth-order valence-electron chi connectivity index (χ4n) is 4.18. The van der Waals surface area contributed by atoms with E-state index in [9.17, 15) is 61.0 Å². The number of hydrogen-bond acceptors (Lipinski definition) is 16. The summed E-state index contributed by atoms with van der Waals surface area (Å²) in [5.41, 5.74) is 0. The Morgan fingerprint density at radius 3 is 1.86 bits per heavy atom. The van der Waals surface area contributed by atoms with Gasteiger partial charge in [-0.2, -0.15) is 0 Å².